The Kier molecular flexibility index (Phi) is 5.07. The van der Waals surface area contributed by atoms with Gasteiger partial charge in [0.25, 0.3) is 0 Å². The van der Waals surface area contributed by atoms with Crippen molar-refractivity contribution in [3.05, 3.63) is 23.3 Å². The van der Waals surface area contributed by atoms with E-state index in [0.29, 0.717) is 30.1 Å². The van der Waals surface area contributed by atoms with E-state index in [0.717, 1.165) is 44.1 Å². The molecule has 5 heteroatoms. The molecule has 2 saturated carbocycles. The molecular weight excluding hydrogens is 354 g/mol. The van der Waals surface area contributed by atoms with Crippen LogP contribution >= 0.6 is 0 Å². The molecule has 6 atom stereocenters. The van der Waals surface area contributed by atoms with Crippen LogP contribution in [0.15, 0.2) is 12.1 Å². The summed E-state index contributed by atoms with van der Waals surface area (Å²) < 4.78 is 5.69. The van der Waals surface area contributed by atoms with Crippen molar-refractivity contribution in [1.29, 1.82) is 0 Å². The highest BCUT2D eigenvalue weighted by Gasteiger charge is 2.54. The third-order valence-corrected chi connectivity index (χ3v) is 7.79. The number of carbonyl (C=O) groups is 1. The topological polar surface area (TPSA) is 78.8 Å². The molecule has 1 amide bonds. The molecule has 0 radical (unpaired) electrons. The summed E-state index contributed by atoms with van der Waals surface area (Å²) >= 11 is 0. The second-order valence-corrected chi connectivity index (χ2v) is 9.23. The zero-order valence-electron chi connectivity index (χ0n) is 17.2. The first-order valence-corrected chi connectivity index (χ1v) is 10.8. The molecule has 1 aromatic carbocycles. The second kappa shape index (κ2) is 7.25. The van der Waals surface area contributed by atoms with Crippen molar-refractivity contribution in [3.8, 4) is 11.5 Å². The van der Waals surface area contributed by atoms with Crippen molar-refractivity contribution < 1.29 is 19.7 Å². The summed E-state index contributed by atoms with van der Waals surface area (Å²) in [6, 6.07) is 3.73. The van der Waals surface area contributed by atoms with Gasteiger partial charge in [-0.15, -0.1) is 0 Å². The lowest BCUT2D eigenvalue weighted by Crippen LogP contribution is -2.42. The lowest BCUT2D eigenvalue weighted by Gasteiger charge is -2.47. The molecule has 2 fully saturated rings. The minimum atomic E-state index is -0.203. The molecule has 0 saturated heterocycles. The van der Waals surface area contributed by atoms with Crippen LogP contribution in [-0.2, 0) is 4.79 Å². The van der Waals surface area contributed by atoms with Gasteiger partial charge in [-0.1, -0.05) is 6.92 Å². The highest BCUT2D eigenvalue weighted by atomic mass is 16.5. The SMILES string of the molecule is CCOc1cc2c(cc1O)[C@@H](NC(C)=O)CC[C@@H]1[C@@H]2CC[C@]2(C)[C@@H](O)CC[C@@H]12. The number of hydrogen-bond donors (Lipinski definition) is 3. The van der Waals surface area contributed by atoms with E-state index >= 15 is 0 Å². The fourth-order valence-electron chi connectivity index (χ4n) is 6.45. The van der Waals surface area contributed by atoms with Crippen molar-refractivity contribution in [2.24, 2.45) is 17.3 Å². The van der Waals surface area contributed by atoms with E-state index in [2.05, 4.69) is 12.2 Å². The van der Waals surface area contributed by atoms with Crippen LogP contribution in [0.4, 0.5) is 0 Å². The average molecular weight is 388 g/mol. The first-order valence-electron chi connectivity index (χ1n) is 10.8. The number of fused-ring (bicyclic) bond motifs is 5. The maximum absolute atomic E-state index is 11.8. The minimum absolute atomic E-state index is 0.00877. The third-order valence-electron chi connectivity index (χ3n) is 7.79. The van der Waals surface area contributed by atoms with Crippen LogP contribution in [0.3, 0.4) is 0 Å². The van der Waals surface area contributed by atoms with E-state index in [1.54, 1.807) is 13.0 Å². The first kappa shape index (κ1) is 19.6. The number of amides is 1. The molecule has 3 aliphatic rings. The van der Waals surface area contributed by atoms with Gasteiger partial charge in [0.1, 0.15) is 0 Å². The van der Waals surface area contributed by atoms with Crippen LogP contribution in [0.1, 0.15) is 82.4 Å². The Hall–Kier alpha value is -1.75. The fraction of sp³-hybridized carbons (Fsp3) is 0.696. The van der Waals surface area contributed by atoms with E-state index in [4.69, 9.17) is 4.74 Å². The Morgan fingerprint density at radius 2 is 2.00 bits per heavy atom. The molecule has 0 spiro atoms. The van der Waals surface area contributed by atoms with Gasteiger partial charge >= 0.3 is 0 Å². The third kappa shape index (κ3) is 3.08. The van der Waals surface area contributed by atoms with Crippen LogP contribution in [0.2, 0.25) is 0 Å². The van der Waals surface area contributed by atoms with Gasteiger partial charge in [0.2, 0.25) is 5.91 Å². The standard InChI is InChI=1S/C23H33NO4/c1-4-28-21-12-16-14-9-10-23(3)18(6-8-22(23)27)15(14)5-7-19(24-13(2)25)17(16)11-20(21)26/h11-12,14-15,18-19,22,26-27H,4-10H2,1-3H3,(H,24,25)/t14-,15+,18-,19-,22-,23-/m0/s1. The summed E-state index contributed by atoms with van der Waals surface area (Å²) in [4.78, 5) is 11.8. The average Bonchev–Trinajstić information content (AvgIpc) is 2.87. The number of phenols is 1. The maximum Gasteiger partial charge on any atom is 0.217 e. The van der Waals surface area contributed by atoms with Crippen molar-refractivity contribution >= 4 is 5.91 Å². The number of aromatic hydroxyl groups is 1. The minimum Gasteiger partial charge on any atom is -0.504 e. The van der Waals surface area contributed by atoms with Gasteiger partial charge in [-0.3, -0.25) is 4.79 Å². The number of aliphatic hydroxyl groups excluding tert-OH is 1. The molecule has 5 nitrogen and oxygen atoms in total. The number of carbonyl (C=O) groups excluding carboxylic acids is 1. The fourth-order valence-corrected chi connectivity index (χ4v) is 6.45. The van der Waals surface area contributed by atoms with Gasteiger partial charge in [-0.25, -0.2) is 0 Å². The van der Waals surface area contributed by atoms with E-state index in [1.807, 2.05) is 13.0 Å². The number of phenolic OH excluding ortho intramolecular Hbond substituents is 1. The van der Waals surface area contributed by atoms with Crippen molar-refractivity contribution in [3.63, 3.8) is 0 Å². The van der Waals surface area contributed by atoms with Crippen LogP contribution in [0, 0.1) is 17.3 Å². The van der Waals surface area contributed by atoms with Gasteiger partial charge in [0.15, 0.2) is 11.5 Å². The summed E-state index contributed by atoms with van der Waals surface area (Å²) in [6.45, 7) is 6.24. The number of benzene rings is 1. The van der Waals surface area contributed by atoms with Crippen LogP contribution in [0.5, 0.6) is 11.5 Å². The molecule has 3 aliphatic carbocycles. The first-order chi connectivity index (χ1) is 13.3. The molecule has 154 valence electrons. The monoisotopic (exact) mass is 387 g/mol. The highest BCUT2D eigenvalue weighted by molar-refractivity contribution is 5.73. The lowest BCUT2D eigenvalue weighted by molar-refractivity contribution is -0.119. The smallest absolute Gasteiger partial charge is 0.217 e. The number of hydrogen-bond acceptors (Lipinski definition) is 4. The summed E-state index contributed by atoms with van der Waals surface area (Å²) in [5, 5.41) is 24.2. The Morgan fingerprint density at radius 1 is 1.21 bits per heavy atom. The molecule has 1 aromatic rings. The van der Waals surface area contributed by atoms with Crippen LogP contribution in [-0.4, -0.2) is 28.8 Å². The van der Waals surface area contributed by atoms with Crippen molar-refractivity contribution in [2.45, 2.75) is 77.4 Å². The summed E-state index contributed by atoms with van der Waals surface area (Å²) in [7, 11) is 0. The zero-order chi connectivity index (χ0) is 20.1. The number of ether oxygens (including phenoxy) is 1. The van der Waals surface area contributed by atoms with E-state index in [9.17, 15) is 15.0 Å². The van der Waals surface area contributed by atoms with E-state index < -0.39 is 0 Å². The molecule has 0 unspecified atom stereocenters. The van der Waals surface area contributed by atoms with Crippen molar-refractivity contribution in [2.75, 3.05) is 6.61 Å². The summed E-state index contributed by atoms with van der Waals surface area (Å²) in [5.74, 6) is 2.02. The Labute approximate surface area is 167 Å². The van der Waals surface area contributed by atoms with E-state index in [-0.39, 0.29) is 29.2 Å². The number of nitrogens with one attached hydrogen (secondary N) is 1. The quantitative estimate of drug-likeness (QED) is 0.732. The predicted octanol–water partition coefficient (Wildman–Crippen LogP) is 4.03. The molecular formula is C23H33NO4. The highest BCUT2D eigenvalue weighted by Crippen LogP contribution is 2.61. The lowest BCUT2D eigenvalue weighted by atomic mass is 9.58. The molecule has 0 heterocycles. The molecule has 4 rings (SSSR count). The number of rotatable bonds is 3. The van der Waals surface area contributed by atoms with E-state index in [1.165, 1.54) is 5.56 Å². The van der Waals surface area contributed by atoms with Gasteiger partial charge in [0.05, 0.1) is 18.8 Å². The Morgan fingerprint density at radius 3 is 2.71 bits per heavy atom. The Balaban J connectivity index is 1.78. The molecule has 3 N–H and O–H groups in total. The summed E-state index contributed by atoms with van der Waals surface area (Å²) in [5.41, 5.74) is 2.26. The maximum atomic E-state index is 11.8. The van der Waals surface area contributed by atoms with Gasteiger partial charge in [-0.2, -0.15) is 0 Å². The number of aliphatic hydroxyl groups is 1. The van der Waals surface area contributed by atoms with Gasteiger partial charge < -0.3 is 20.3 Å². The normalized spacial score (nSPS) is 36.6. The summed E-state index contributed by atoms with van der Waals surface area (Å²) in [6.07, 6.45) is 5.72. The molecule has 0 aliphatic heterocycles. The Bertz CT molecular complexity index is 763. The van der Waals surface area contributed by atoms with Gasteiger partial charge in [0, 0.05) is 6.92 Å². The second-order valence-electron chi connectivity index (χ2n) is 9.23. The largest absolute Gasteiger partial charge is 0.504 e. The predicted molar refractivity (Wildman–Crippen MR) is 107 cm³/mol. The molecule has 0 bridgehead atoms. The molecule has 28 heavy (non-hydrogen) atoms. The van der Waals surface area contributed by atoms with Crippen LogP contribution < -0.4 is 10.1 Å². The van der Waals surface area contributed by atoms with Crippen LogP contribution in [0.25, 0.3) is 0 Å². The van der Waals surface area contributed by atoms with Gasteiger partial charge in [-0.05, 0) is 91.9 Å². The van der Waals surface area contributed by atoms with Crippen molar-refractivity contribution in [1.82, 2.24) is 5.32 Å². The molecule has 0 aromatic heterocycles. The zero-order valence-corrected chi connectivity index (χ0v) is 17.2.